The minimum absolute atomic E-state index is 0.155. The van der Waals surface area contributed by atoms with Gasteiger partial charge in [-0.25, -0.2) is 0 Å². The van der Waals surface area contributed by atoms with Crippen molar-refractivity contribution in [3.8, 4) is 0 Å². The molecule has 2 rings (SSSR count). The van der Waals surface area contributed by atoms with Gasteiger partial charge in [-0.1, -0.05) is 19.9 Å². The molecule has 16 heavy (non-hydrogen) atoms. The standard InChI is InChI=1S/C14H23NO/c1-3-11-5-7-12(8-6-11)15(13-9-10-13)14(16)4-2/h4,11-13H,2-3,5-10H2,1H3. The van der Waals surface area contributed by atoms with Gasteiger partial charge in [-0.05, 0) is 50.5 Å². The molecular formula is C14H23NO. The first kappa shape index (κ1) is 11.7. The lowest BCUT2D eigenvalue weighted by Gasteiger charge is -2.36. The van der Waals surface area contributed by atoms with E-state index in [-0.39, 0.29) is 5.91 Å². The molecule has 0 bridgehead atoms. The van der Waals surface area contributed by atoms with Crippen molar-refractivity contribution in [1.82, 2.24) is 4.90 Å². The Labute approximate surface area is 98.7 Å². The molecule has 0 spiro atoms. The number of amides is 1. The molecule has 2 aliphatic carbocycles. The van der Waals surface area contributed by atoms with E-state index in [0.29, 0.717) is 12.1 Å². The SMILES string of the molecule is C=CC(=O)N(C1CCC(CC)CC1)C1CC1. The van der Waals surface area contributed by atoms with Crippen molar-refractivity contribution in [2.45, 2.75) is 64.0 Å². The maximum Gasteiger partial charge on any atom is 0.246 e. The molecule has 0 aromatic rings. The molecule has 90 valence electrons. The summed E-state index contributed by atoms with van der Waals surface area (Å²) in [7, 11) is 0. The van der Waals surface area contributed by atoms with Crippen LogP contribution in [0.5, 0.6) is 0 Å². The number of carbonyl (C=O) groups excluding carboxylic acids is 1. The van der Waals surface area contributed by atoms with Crippen molar-refractivity contribution in [1.29, 1.82) is 0 Å². The molecule has 2 aliphatic rings. The van der Waals surface area contributed by atoms with Crippen LogP contribution in [-0.4, -0.2) is 22.9 Å². The van der Waals surface area contributed by atoms with Gasteiger partial charge in [-0.3, -0.25) is 4.79 Å². The highest BCUT2D eigenvalue weighted by Gasteiger charge is 2.37. The molecule has 0 aliphatic heterocycles. The third-order valence-electron chi connectivity index (χ3n) is 4.16. The van der Waals surface area contributed by atoms with Gasteiger partial charge in [0.1, 0.15) is 0 Å². The van der Waals surface area contributed by atoms with Gasteiger partial charge in [0.25, 0.3) is 0 Å². The van der Waals surface area contributed by atoms with Crippen LogP contribution in [0.3, 0.4) is 0 Å². The van der Waals surface area contributed by atoms with E-state index >= 15 is 0 Å². The van der Waals surface area contributed by atoms with Crippen LogP contribution >= 0.6 is 0 Å². The quantitative estimate of drug-likeness (QED) is 0.668. The van der Waals surface area contributed by atoms with Crippen LogP contribution in [0.15, 0.2) is 12.7 Å². The molecule has 2 heteroatoms. The molecule has 2 fully saturated rings. The molecule has 0 heterocycles. The predicted molar refractivity (Wildman–Crippen MR) is 66.1 cm³/mol. The van der Waals surface area contributed by atoms with Crippen LogP contribution in [-0.2, 0) is 4.79 Å². The Morgan fingerprint density at radius 1 is 1.19 bits per heavy atom. The van der Waals surface area contributed by atoms with Crippen molar-refractivity contribution < 1.29 is 4.79 Å². The molecule has 0 unspecified atom stereocenters. The second-order valence-electron chi connectivity index (χ2n) is 5.26. The lowest BCUT2D eigenvalue weighted by atomic mass is 9.84. The van der Waals surface area contributed by atoms with Crippen LogP contribution in [0.2, 0.25) is 0 Å². The Balaban J connectivity index is 1.94. The fraction of sp³-hybridized carbons (Fsp3) is 0.786. The van der Waals surface area contributed by atoms with E-state index in [1.807, 2.05) is 0 Å². The smallest absolute Gasteiger partial charge is 0.246 e. The molecular weight excluding hydrogens is 198 g/mol. The van der Waals surface area contributed by atoms with E-state index in [9.17, 15) is 4.79 Å². The highest BCUT2D eigenvalue weighted by molar-refractivity contribution is 5.87. The Morgan fingerprint density at radius 2 is 1.69 bits per heavy atom. The number of nitrogens with zero attached hydrogens (tertiary/aromatic N) is 1. The summed E-state index contributed by atoms with van der Waals surface area (Å²) in [4.78, 5) is 14.0. The summed E-state index contributed by atoms with van der Waals surface area (Å²) in [6.45, 7) is 5.90. The largest absolute Gasteiger partial charge is 0.333 e. The van der Waals surface area contributed by atoms with Crippen LogP contribution in [0.25, 0.3) is 0 Å². The molecule has 0 aromatic carbocycles. The summed E-state index contributed by atoms with van der Waals surface area (Å²) in [6, 6.07) is 1.04. The summed E-state index contributed by atoms with van der Waals surface area (Å²) in [6.07, 6.45) is 10.2. The van der Waals surface area contributed by atoms with Gasteiger partial charge in [0.15, 0.2) is 0 Å². The Morgan fingerprint density at radius 3 is 2.06 bits per heavy atom. The summed E-state index contributed by atoms with van der Waals surface area (Å²) >= 11 is 0. The topological polar surface area (TPSA) is 20.3 Å². The van der Waals surface area contributed by atoms with Crippen molar-refractivity contribution in [3.05, 3.63) is 12.7 Å². The maximum atomic E-state index is 11.9. The third kappa shape index (κ3) is 2.47. The van der Waals surface area contributed by atoms with E-state index < -0.39 is 0 Å². The first-order valence-corrected chi connectivity index (χ1v) is 6.71. The fourth-order valence-electron chi connectivity index (χ4n) is 2.95. The zero-order valence-corrected chi connectivity index (χ0v) is 10.3. The number of hydrogen-bond donors (Lipinski definition) is 0. The van der Waals surface area contributed by atoms with Crippen LogP contribution < -0.4 is 0 Å². The molecule has 0 saturated heterocycles. The summed E-state index contributed by atoms with van der Waals surface area (Å²) in [5.74, 6) is 1.05. The highest BCUT2D eigenvalue weighted by atomic mass is 16.2. The van der Waals surface area contributed by atoms with Crippen molar-refractivity contribution in [2.24, 2.45) is 5.92 Å². The van der Waals surface area contributed by atoms with E-state index in [2.05, 4.69) is 18.4 Å². The number of carbonyl (C=O) groups is 1. The van der Waals surface area contributed by atoms with Gasteiger partial charge >= 0.3 is 0 Å². The van der Waals surface area contributed by atoms with Crippen molar-refractivity contribution in [3.63, 3.8) is 0 Å². The second-order valence-corrected chi connectivity index (χ2v) is 5.26. The minimum Gasteiger partial charge on any atom is -0.333 e. The number of rotatable bonds is 4. The average Bonchev–Trinajstić information content (AvgIpc) is 3.14. The summed E-state index contributed by atoms with van der Waals surface area (Å²) in [5, 5.41) is 0. The zero-order chi connectivity index (χ0) is 11.5. The Hall–Kier alpha value is -0.790. The molecule has 0 N–H and O–H groups in total. The minimum atomic E-state index is 0.155. The van der Waals surface area contributed by atoms with Gasteiger partial charge in [0.05, 0.1) is 0 Å². The average molecular weight is 221 g/mol. The summed E-state index contributed by atoms with van der Waals surface area (Å²) in [5.41, 5.74) is 0. The van der Waals surface area contributed by atoms with Crippen LogP contribution in [0, 0.1) is 5.92 Å². The summed E-state index contributed by atoms with van der Waals surface area (Å²) < 4.78 is 0. The monoisotopic (exact) mass is 221 g/mol. The fourth-order valence-corrected chi connectivity index (χ4v) is 2.95. The van der Waals surface area contributed by atoms with Gasteiger partial charge in [-0.15, -0.1) is 0 Å². The van der Waals surface area contributed by atoms with Gasteiger partial charge in [0, 0.05) is 12.1 Å². The van der Waals surface area contributed by atoms with Crippen molar-refractivity contribution in [2.75, 3.05) is 0 Å². The van der Waals surface area contributed by atoms with E-state index in [1.54, 1.807) is 0 Å². The Bertz CT molecular complexity index is 262. The third-order valence-corrected chi connectivity index (χ3v) is 4.16. The van der Waals surface area contributed by atoms with Crippen molar-refractivity contribution >= 4 is 5.91 Å². The Kier molecular flexibility index (Phi) is 3.67. The van der Waals surface area contributed by atoms with E-state index in [0.717, 1.165) is 5.92 Å². The maximum absolute atomic E-state index is 11.9. The first-order chi connectivity index (χ1) is 7.76. The van der Waals surface area contributed by atoms with Gasteiger partial charge in [0.2, 0.25) is 5.91 Å². The first-order valence-electron chi connectivity index (χ1n) is 6.71. The predicted octanol–water partition coefficient (Wildman–Crippen LogP) is 3.13. The van der Waals surface area contributed by atoms with Gasteiger partial charge < -0.3 is 4.90 Å². The van der Waals surface area contributed by atoms with E-state index in [4.69, 9.17) is 0 Å². The van der Waals surface area contributed by atoms with Crippen LogP contribution in [0.4, 0.5) is 0 Å². The molecule has 1 amide bonds. The lowest BCUT2D eigenvalue weighted by molar-refractivity contribution is -0.129. The molecule has 0 radical (unpaired) electrons. The van der Waals surface area contributed by atoms with Crippen LogP contribution in [0.1, 0.15) is 51.9 Å². The lowest BCUT2D eigenvalue weighted by Crippen LogP contribution is -2.43. The highest BCUT2D eigenvalue weighted by Crippen LogP contribution is 2.36. The molecule has 2 nitrogen and oxygen atoms in total. The van der Waals surface area contributed by atoms with E-state index in [1.165, 1.54) is 51.0 Å². The zero-order valence-electron chi connectivity index (χ0n) is 10.3. The normalized spacial score (nSPS) is 29.8. The number of hydrogen-bond acceptors (Lipinski definition) is 1. The van der Waals surface area contributed by atoms with Gasteiger partial charge in [-0.2, -0.15) is 0 Å². The molecule has 0 atom stereocenters. The molecule has 2 saturated carbocycles. The molecule has 0 aromatic heterocycles. The second kappa shape index (κ2) is 5.03.